The van der Waals surface area contributed by atoms with Crippen molar-refractivity contribution in [3.8, 4) is 11.5 Å². The molecule has 2 aromatic carbocycles. The Labute approximate surface area is 125 Å². The van der Waals surface area contributed by atoms with Gasteiger partial charge in [0, 0.05) is 15.7 Å². The van der Waals surface area contributed by atoms with Gasteiger partial charge in [-0.25, -0.2) is 0 Å². The highest BCUT2D eigenvalue weighted by atomic mass is 79.9. The molecule has 5 heteroatoms. The highest BCUT2D eigenvalue weighted by Gasteiger charge is 2.11. The maximum atomic E-state index is 12.2. The van der Waals surface area contributed by atoms with Gasteiger partial charge in [0.15, 0.2) is 11.5 Å². The third-order valence-electron chi connectivity index (χ3n) is 2.89. The van der Waals surface area contributed by atoms with E-state index in [1.54, 1.807) is 12.1 Å². The minimum absolute atomic E-state index is 0.0638. The topological polar surface area (TPSA) is 58.6 Å². The number of ether oxygens (including phenoxy) is 1. The standard InChI is InChI=1S/C15H14BrNO3/c1-9-3-5-11(16)8-12(9)17-15(19)10-4-6-14(20-2)13(18)7-10/h3-8,18H,1-2H3,(H,17,19). The van der Waals surface area contributed by atoms with Gasteiger partial charge in [-0.15, -0.1) is 0 Å². The van der Waals surface area contributed by atoms with Crippen molar-refractivity contribution >= 4 is 27.5 Å². The van der Waals surface area contributed by atoms with Crippen molar-refractivity contribution in [3.63, 3.8) is 0 Å². The van der Waals surface area contributed by atoms with Gasteiger partial charge in [0.1, 0.15) is 0 Å². The van der Waals surface area contributed by atoms with Crippen molar-refractivity contribution in [2.75, 3.05) is 12.4 Å². The number of rotatable bonds is 3. The molecule has 4 nitrogen and oxygen atoms in total. The van der Waals surface area contributed by atoms with Crippen molar-refractivity contribution in [1.29, 1.82) is 0 Å². The molecule has 0 unspecified atom stereocenters. The second-order valence-electron chi connectivity index (χ2n) is 4.30. The quantitative estimate of drug-likeness (QED) is 0.898. The molecule has 0 saturated heterocycles. The molecule has 0 fully saturated rings. The van der Waals surface area contributed by atoms with Crippen LogP contribution in [0.2, 0.25) is 0 Å². The summed E-state index contributed by atoms with van der Waals surface area (Å²) < 4.78 is 5.83. The summed E-state index contributed by atoms with van der Waals surface area (Å²) in [5.41, 5.74) is 2.04. The molecule has 2 N–H and O–H groups in total. The summed E-state index contributed by atoms with van der Waals surface area (Å²) in [7, 11) is 1.46. The zero-order chi connectivity index (χ0) is 14.7. The van der Waals surface area contributed by atoms with Crippen LogP contribution in [-0.2, 0) is 0 Å². The number of amides is 1. The number of nitrogens with one attached hydrogen (secondary N) is 1. The normalized spacial score (nSPS) is 10.2. The Kier molecular flexibility index (Phi) is 4.29. The second-order valence-corrected chi connectivity index (χ2v) is 5.22. The van der Waals surface area contributed by atoms with Crippen LogP contribution in [0, 0.1) is 6.92 Å². The monoisotopic (exact) mass is 335 g/mol. The summed E-state index contributed by atoms with van der Waals surface area (Å²) in [6.07, 6.45) is 0. The van der Waals surface area contributed by atoms with Gasteiger partial charge in [-0.05, 0) is 42.8 Å². The molecule has 0 heterocycles. The van der Waals surface area contributed by atoms with E-state index in [1.165, 1.54) is 13.2 Å². The van der Waals surface area contributed by atoms with Crippen LogP contribution in [0.25, 0.3) is 0 Å². The Morgan fingerprint density at radius 1 is 1.25 bits per heavy atom. The Balaban J connectivity index is 2.24. The second kappa shape index (κ2) is 5.96. The van der Waals surface area contributed by atoms with Gasteiger partial charge in [-0.1, -0.05) is 22.0 Å². The van der Waals surface area contributed by atoms with Gasteiger partial charge in [-0.3, -0.25) is 4.79 Å². The highest BCUT2D eigenvalue weighted by molar-refractivity contribution is 9.10. The third kappa shape index (κ3) is 3.11. The summed E-state index contributed by atoms with van der Waals surface area (Å²) in [5, 5.41) is 12.5. The van der Waals surface area contributed by atoms with Crippen LogP contribution in [0.4, 0.5) is 5.69 Å². The molecule has 1 amide bonds. The fraction of sp³-hybridized carbons (Fsp3) is 0.133. The molecule has 104 valence electrons. The van der Waals surface area contributed by atoms with E-state index in [0.717, 1.165) is 15.7 Å². The van der Waals surface area contributed by atoms with E-state index in [2.05, 4.69) is 21.2 Å². The molecule has 2 aromatic rings. The lowest BCUT2D eigenvalue weighted by atomic mass is 10.1. The van der Waals surface area contributed by atoms with Crippen LogP contribution in [0.5, 0.6) is 11.5 Å². The highest BCUT2D eigenvalue weighted by Crippen LogP contribution is 2.27. The first-order valence-corrected chi connectivity index (χ1v) is 6.75. The fourth-order valence-electron chi connectivity index (χ4n) is 1.75. The number of carbonyl (C=O) groups excluding carboxylic acids is 1. The van der Waals surface area contributed by atoms with Gasteiger partial charge in [0.2, 0.25) is 0 Å². The summed E-state index contributed by atoms with van der Waals surface area (Å²) in [4.78, 5) is 12.2. The fourth-order valence-corrected chi connectivity index (χ4v) is 2.12. The van der Waals surface area contributed by atoms with Crippen LogP contribution in [0.1, 0.15) is 15.9 Å². The Morgan fingerprint density at radius 2 is 2.00 bits per heavy atom. The van der Waals surface area contributed by atoms with E-state index < -0.39 is 0 Å². The summed E-state index contributed by atoms with van der Waals surface area (Å²) in [6.45, 7) is 1.91. The lowest BCUT2D eigenvalue weighted by Crippen LogP contribution is -2.12. The van der Waals surface area contributed by atoms with E-state index in [0.29, 0.717) is 11.3 Å². The minimum Gasteiger partial charge on any atom is -0.504 e. The predicted octanol–water partition coefficient (Wildman–Crippen LogP) is 3.72. The first-order chi connectivity index (χ1) is 9.51. The van der Waals surface area contributed by atoms with Crippen molar-refractivity contribution < 1.29 is 14.6 Å². The maximum absolute atomic E-state index is 12.2. The number of phenolic OH excluding ortho intramolecular Hbond substituents is 1. The molecule has 0 saturated carbocycles. The SMILES string of the molecule is COc1ccc(C(=O)Nc2cc(Br)ccc2C)cc1O. The molecule has 0 aliphatic heterocycles. The van der Waals surface area contributed by atoms with Crippen LogP contribution in [-0.4, -0.2) is 18.1 Å². The van der Waals surface area contributed by atoms with Crippen LogP contribution in [0.15, 0.2) is 40.9 Å². The molecular weight excluding hydrogens is 322 g/mol. The van der Waals surface area contributed by atoms with Gasteiger partial charge < -0.3 is 15.2 Å². The van der Waals surface area contributed by atoms with E-state index in [-0.39, 0.29) is 11.7 Å². The average molecular weight is 336 g/mol. The van der Waals surface area contributed by atoms with Crippen LogP contribution < -0.4 is 10.1 Å². The number of hydrogen-bond donors (Lipinski definition) is 2. The lowest BCUT2D eigenvalue weighted by molar-refractivity contribution is 0.102. The van der Waals surface area contributed by atoms with Crippen LogP contribution >= 0.6 is 15.9 Å². The van der Waals surface area contributed by atoms with E-state index in [9.17, 15) is 9.90 Å². The van der Waals surface area contributed by atoms with Crippen molar-refractivity contribution in [1.82, 2.24) is 0 Å². The predicted molar refractivity (Wildman–Crippen MR) is 81.5 cm³/mol. The van der Waals surface area contributed by atoms with Gasteiger partial charge in [0.05, 0.1) is 7.11 Å². The Bertz CT molecular complexity index is 656. The zero-order valence-corrected chi connectivity index (χ0v) is 12.7. The van der Waals surface area contributed by atoms with Crippen molar-refractivity contribution in [2.45, 2.75) is 6.92 Å². The largest absolute Gasteiger partial charge is 0.504 e. The number of anilines is 1. The van der Waals surface area contributed by atoms with Gasteiger partial charge >= 0.3 is 0 Å². The third-order valence-corrected chi connectivity index (χ3v) is 3.38. The van der Waals surface area contributed by atoms with Crippen LogP contribution in [0.3, 0.4) is 0 Å². The maximum Gasteiger partial charge on any atom is 0.255 e. The first-order valence-electron chi connectivity index (χ1n) is 5.96. The summed E-state index contributed by atoms with van der Waals surface area (Å²) in [5.74, 6) is -0.0181. The number of aromatic hydroxyl groups is 1. The zero-order valence-electron chi connectivity index (χ0n) is 11.1. The van der Waals surface area contributed by atoms with Crippen molar-refractivity contribution in [3.05, 3.63) is 52.0 Å². The molecule has 0 aliphatic carbocycles. The van der Waals surface area contributed by atoms with Crippen molar-refractivity contribution in [2.24, 2.45) is 0 Å². The molecule has 20 heavy (non-hydrogen) atoms. The van der Waals surface area contributed by atoms with Gasteiger partial charge in [0.25, 0.3) is 5.91 Å². The van der Waals surface area contributed by atoms with E-state index >= 15 is 0 Å². The number of methoxy groups -OCH3 is 1. The lowest BCUT2D eigenvalue weighted by Gasteiger charge is -2.10. The average Bonchev–Trinajstić information content (AvgIpc) is 2.42. The Morgan fingerprint density at radius 3 is 2.65 bits per heavy atom. The molecule has 2 rings (SSSR count). The molecule has 0 aliphatic rings. The minimum atomic E-state index is -0.288. The molecular formula is C15H14BrNO3. The number of phenols is 1. The number of benzene rings is 2. The van der Waals surface area contributed by atoms with Gasteiger partial charge in [-0.2, -0.15) is 0 Å². The molecule has 0 aromatic heterocycles. The smallest absolute Gasteiger partial charge is 0.255 e. The number of halogens is 1. The summed E-state index contributed by atoms with van der Waals surface area (Å²) >= 11 is 3.37. The molecule has 0 bridgehead atoms. The molecule has 0 radical (unpaired) electrons. The van der Waals surface area contributed by atoms with E-state index in [1.807, 2.05) is 25.1 Å². The van der Waals surface area contributed by atoms with E-state index in [4.69, 9.17) is 4.74 Å². The number of aryl methyl sites for hydroxylation is 1. The molecule has 0 atom stereocenters. The Hall–Kier alpha value is -2.01. The summed E-state index contributed by atoms with van der Waals surface area (Å²) in [6, 6.07) is 10.2. The number of carbonyl (C=O) groups is 1. The number of hydrogen-bond acceptors (Lipinski definition) is 3. The first kappa shape index (κ1) is 14.4. The molecule has 0 spiro atoms.